The predicted molar refractivity (Wildman–Crippen MR) is 110 cm³/mol. The molecule has 0 spiro atoms. The first-order chi connectivity index (χ1) is 13.2. The number of rotatable bonds is 2. The van der Waals surface area contributed by atoms with Crippen molar-refractivity contribution in [2.75, 3.05) is 4.90 Å². The van der Waals surface area contributed by atoms with Crippen molar-refractivity contribution in [2.24, 2.45) is 0 Å². The van der Waals surface area contributed by atoms with Gasteiger partial charge in [0.15, 0.2) is 0 Å². The standard InChI is InChI=1S/C23H22ClNO3/c1-5-12-23-16-9-7-6-8-14(16)13-15-10-11-17(24)19(18(15)23)25(20(23)26)21(27)28-22(2,3)4/h5-11H,1,12-13H2,2-4H3. The van der Waals surface area contributed by atoms with Crippen molar-refractivity contribution in [1.29, 1.82) is 0 Å². The summed E-state index contributed by atoms with van der Waals surface area (Å²) in [5.41, 5.74) is 2.47. The zero-order chi connectivity index (χ0) is 20.3. The zero-order valence-corrected chi connectivity index (χ0v) is 17.0. The Balaban J connectivity index is 2.02. The molecule has 1 aliphatic heterocycles. The Kier molecular flexibility index (Phi) is 4.16. The second-order valence-corrected chi connectivity index (χ2v) is 8.69. The van der Waals surface area contributed by atoms with E-state index in [9.17, 15) is 9.59 Å². The highest BCUT2D eigenvalue weighted by Crippen LogP contribution is 2.56. The van der Waals surface area contributed by atoms with Gasteiger partial charge in [0.25, 0.3) is 5.91 Å². The summed E-state index contributed by atoms with van der Waals surface area (Å²) in [6.07, 6.45) is 2.09. The first-order valence-electron chi connectivity index (χ1n) is 9.29. The highest BCUT2D eigenvalue weighted by Gasteiger charge is 2.58. The average molecular weight is 396 g/mol. The lowest BCUT2D eigenvalue weighted by atomic mass is 9.65. The molecule has 4 nitrogen and oxygen atoms in total. The van der Waals surface area contributed by atoms with Gasteiger partial charge in [-0.15, -0.1) is 6.58 Å². The van der Waals surface area contributed by atoms with Gasteiger partial charge in [-0.2, -0.15) is 0 Å². The first-order valence-corrected chi connectivity index (χ1v) is 9.67. The van der Waals surface area contributed by atoms with Gasteiger partial charge in [-0.05, 0) is 56.4 Å². The monoisotopic (exact) mass is 395 g/mol. The summed E-state index contributed by atoms with van der Waals surface area (Å²) in [5, 5.41) is 0.364. The van der Waals surface area contributed by atoms with E-state index in [1.54, 1.807) is 32.9 Å². The molecule has 1 heterocycles. The minimum Gasteiger partial charge on any atom is -0.443 e. The van der Waals surface area contributed by atoms with Crippen LogP contribution < -0.4 is 4.90 Å². The third kappa shape index (κ3) is 2.51. The predicted octanol–water partition coefficient (Wildman–Crippen LogP) is 5.39. The molecule has 0 radical (unpaired) electrons. The van der Waals surface area contributed by atoms with Crippen LogP contribution in [0, 0.1) is 0 Å². The van der Waals surface area contributed by atoms with Gasteiger partial charge in [0, 0.05) is 5.56 Å². The lowest BCUT2D eigenvalue weighted by molar-refractivity contribution is -0.121. The largest absolute Gasteiger partial charge is 0.443 e. The summed E-state index contributed by atoms with van der Waals surface area (Å²) < 4.78 is 5.55. The van der Waals surface area contributed by atoms with Gasteiger partial charge in [0.2, 0.25) is 0 Å². The van der Waals surface area contributed by atoms with Crippen LogP contribution >= 0.6 is 11.6 Å². The number of anilines is 1. The molecule has 1 unspecified atom stereocenters. The summed E-state index contributed by atoms with van der Waals surface area (Å²) in [5.74, 6) is -0.335. The molecule has 2 aromatic carbocycles. The molecule has 0 saturated carbocycles. The molecule has 1 atom stereocenters. The fraction of sp³-hybridized carbons (Fsp3) is 0.304. The van der Waals surface area contributed by atoms with E-state index in [1.807, 2.05) is 30.3 Å². The van der Waals surface area contributed by atoms with Crippen LogP contribution in [0.4, 0.5) is 10.5 Å². The van der Waals surface area contributed by atoms with Gasteiger partial charge in [-0.25, -0.2) is 9.69 Å². The molecule has 0 fully saturated rings. The Bertz CT molecular complexity index is 1020. The van der Waals surface area contributed by atoms with Crippen LogP contribution in [-0.4, -0.2) is 17.6 Å². The van der Waals surface area contributed by atoms with Crippen molar-refractivity contribution in [2.45, 2.75) is 44.6 Å². The first kappa shape index (κ1) is 18.8. The van der Waals surface area contributed by atoms with Gasteiger partial charge in [-0.3, -0.25) is 4.79 Å². The Labute approximate surface area is 169 Å². The number of nitrogens with zero attached hydrogens (tertiary/aromatic N) is 1. The fourth-order valence-electron chi connectivity index (χ4n) is 4.39. The van der Waals surface area contributed by atoms with Gasteiger partial charge in [-0.1, -0.05) is 48.0 Å². The summed E-state index contributed by atoms with van der Waals surface area (Å²) >= 11 is 6.53. The summed E-state index contributed by atoms with van der Waals surface area (Å²) in [4.78, 5) is 28.0. The van der Waals surface area contributed by atoms with Crippen LogP contribution in [0.15, 0.2) is 49.1 Å². The van der Waals surface area contributed by atoms with Gasteiger partial charge in [0.1, 0.15) is 11.0 Å². The molecule has 28 heavy (non-hydrogen) atoms. The van der Waals surface area contributed by atoms with Crippen molar-refractivity contribution < 1.29 is 14.3 Å². The van der Waals surface area contributed by atoms with Gasteiger partial charge >= 0.3 is 6.09 Å². The number of fused-ring (bicyclic) bond motifs is 2. The number of carbonyl (C=O) groups excluding carboxylic acids is 2. The highest BCUT2D eigenvalue weighted by molar-refractivity contribution is 6.37. The number of halogens is 1. The number of amides is 2. The van der Waals surface area contributed by atoms with Crippen molar-refractivity contribution in [1.82, 2.24) is 0 Å². The average Bonchev–Trinajstić information content (AvgIpc) is 2.88. The highest BCUT2D eigenvalue weighted by atomic mass is 35.5. The van der Waals surface area contributed by atoms with E-state index in [-0.39, 0.29) is 5.91 Å². The van der Waals surface area contributed by atoms with E-state index < -0.39 is 17.1 Å². The van der Waals surface area contributed by atoms with Crippen LogP contribution in [0.5, 0.6) is 0 Å². The molecular formula is C23H22ClNO3. The summed E-state index contributed by atoms with van der Waals surface area (Å²) in [6.45, 7) is 9.20. The smallest absolute Gasteiger partial charge is 0.421 e. The van der Waals surface area contributed by atoms with E-state index in [4.69, 9.17) is 16.3 Å². The molecule has 1 aliphatic carbocycles. The van der Waals surface area contributed by atoms with Crippen LogP contribution in [0.3, 0.4) is 0 Å². The van der Waals surface area contributed by atoms with Gasteiger partial charge < -0.3 is 4.74 Å². The van der Waals surface area contributed by atoms with Crippen molar-refractivity contribution >= 4 is 29.3 Å². The number of ether oxygens (including phenoxy) is 1. The third-order valence-corrected chi connectivity index (χ3v) is 5.62. The number of benzene rings is 2. The van der Waals surface area contributed by atoms with Crippen LogP contribution in [0.25, 0.3) is 0 Å². The Morgan fingerprint density at radius 3 is 2.64 bits per heavy atom. The number of carbonyl (C=O) groups is 2. The molecule has 0 saturated heterocycles. The van der Waals surface area contributed by atoms with Gasteiger partial charge in [0.05, 0.1) is 10.7 Å². The van der Waals surface area contributed by atoms with E-state index in [0.29, 0.717) is 23.6 Å². The number of hydrogen-bond donors (Lipinski definition) is 0. The Hall–Kier alpha value is -2.59. The third-order valence-electron chi connectivity index (χ3n) is 5.32. The van der Waals surface area contributed by atoms with Crippen molar-refractivity contribution in [3.05, 3.63) is 76.3 Å². The van der Waals surface area contributed by atoms with E-state index in [0.717, 1.165) is 27.2 Å². The molecule has 2 aliphatic rings. The fourth-order valence-corrected chi connectivity index (χ4v) is 4.63. The maximum atomic E-state index is 13.9. The van der Waals surface area contributed by atoms with Crippen molar-refractivity contribution in [3.63, 3.8) is 0 Å². The van der Waals surface area contributed by atoms with Crippen molar-refractivity contribution in [3.8, 4) is 0 Å². The molecule has 0 N–H and O–H groups in total. The molecule has 5 heteroatoms. The minimum atomic E-state index is -1.01. The van der Waals surface area contributed by atoms with E-state index in [2.05, 4.69) is 6.58 Å². The molecule has 0 aromatic heterocycles. The Morgan fingerprint density at radius 1 is 1.25 bits per heavy atom. The number of imide groups is 1. The quantitative estimate of drug-likeness (QED) is 0.640. The second-order valence-electron chi connectivity index (χ2n) is 8.28. The molecule has 4 rings (SSSR count). The molecule has 2 aromatic rings. The molecule has 0 bridgehead atoms. The topological polar surface area (TPSA) is 46.6 Å². The lowest BCUT2D eigenvalue weighted by Crippen LogP contribution is -2.46. The second kappa shape index (κ2) is 6.21. The normalized spacial score (nSPS) is 19.9. The molecule has 2 amide bonds. The minimum absolute atomic E-state index is 0.335. The molecule has 144 valence electrons. The van der Waals surface area contributed by atoms with E-state index >= 15 is 0 Å². The summed E-state index contributed by atoms with van der Waals surface area (Å²) in [6, 6.07) is 11.6. The molecular weight excluding hydrogens is 374 g/mol. The van der Waals surface area contributed by atoms with E-state index in [1.165, 1.54) is 0 Å². The van der Waals surface area contributed by atoms with Crippen LogP contribution in [0.2, 0.25) is 5.02 Å². The SMILES string of the molecule is C=CCC12C(=O)N(C(=O)OC(C)(C)C)c3c(Cl)ccc(c31)Cc1ccccc12. The number of hydrogen-bond acceptors (Lipinski definition) is 3. The number of allylic oxidation sites excluding steroid dienone is 1. The maximum absolute atomic E-state index is 13.9. The Morgan fingerprint density at radius 2 is 1.96 bits per heavy atom. The lowest BCUT2D eigenvalue weighted by Gasteiger charge is -2.35. The maximum Gasteiger partial charge on any atom is 0.421 e. The van der Waals surface area contributed by atoms with Crippen LogP contribution in [0.1, 0.15) is 49.4 Å². The summed E-state index contributed by atoms with van der Waals surface area (Å²) in [7, 11) is 0. The zero-order valence-electron chi connectivity index (χ0n) is 16.2. The van der Waals surface area contributed by atoms with Crippen LogP contribution in [-0.2, 0) is 21.4 Å².